The molecule has 230 valence electrons. The number of hydrogen-bond donors (Lipinski definition) is 0. The molecule has 2 aromatic heterocycles. The summed E-state index contributed by atoms with van der Waals surface area (Å²) in [5.41, 5.74) is 8.29. The van der Waals surface area contributed by atoms with Crippen LogP contribution in [0.15, 0.2) is 176 Å². The van der Waals surface area contributed by atoms with Crippen LogP contribution in [0.2, 0.25) is 0 Å². The molecule has 0 unspecified atom stereocenters. The highest BCUT2D eigenvalue weighted by atomic mass is 32.1. The molecule has 8 aromatic carbocycles. The molecule has 0 amide bonds. The molecule has 49 heavy (non-hydrogen) atoms. The first-order valence-electron chi connectivity index (χ1n) is 16.6. The van der Waals surface area contributed by atoms with E-state index in [-0.39, 0.29) is 0 Å². The predicted octanol–water partition coefficient (Wildman–Crippen LogP) is 14.4. The van der Waals surface area contributed by atoms with Gasteiger partial charge in [0.25, 0.3) is 0 Å². The van der Waals surface area contributed by atoms with E-state index in [0.717, 1.165) is 17.1 Å². The third-order valence-corrected chi connectivity index (χ3v) is 12.0. The van der Waals surface area contributed by atoms with Crippen molar-refractivity contribution in [2.24, 2.45) is 0 Å². The van der Waals surface area contributed by atoms with Crippen molar-refractivity contribution in [1.82, 2.24) is 0 Å². The van der Waals surface area contributed by atoms with E-state index in [1.54, 1.807) is 0 Å². The van der Waals surface area contributed by atoms with Crippen LogP contribution in [0.3, 0.4) is 0 Å². The van der Waals surface area contributed by atoms with Crippen LogP contribution < -0.4 is 4.90 Å². The molecule has 10 rings (SSSR count). The summed E-state index contributed by atoms with van der Waals surface area (Å²) in [6, 6.07) is 64.5. The molecule has 0 atom stereocenters. The maximum Gasteiger partial charge on any atom is 0.0540 e. The van der Waals surface area contributed by atoms with E-state index in [1.807, 2.05) is 22.7 Å². The molecule has 0 bridgehead atoms. The summed E-state index contributed by atoms with van der Waals surface area (Å²) in [6.45, 7) is 0. The van der Waals surface area contributed by atoms with Gasteiger partial charge in [-0.05, 0) is 82.7 Å². The highest BCUT2D eigenvalue weighted by Crippen LogP contribution is 2.45. The third-order valence-electron chi connectivity index (χ3n) is 9.68. The summed E-state index contributed by atoms with van der Waals surface area (Å²) >= 11 is 3.72. The van der Waals surface area contributed by atoms with Gasteiger partial charge >= 0.3 is 0 Å². The van der Waals surface area contributed by atoms with E-state index < -0.39 is 0 Å². The van der Waals surface area contributed by atoms with Gasteiger partial charge in [0.2, 0.25) is 0 Å². The molecule has 0 fully saturated rings. The van der Waals surface area contributed by atoms with Gasteiger partial charge in [0.15, 0.2) is 0 Å². The Bertz CT molecular complexity index is 2830. The van der Waals surface area contributed by atoms with Gasteiger partial charge in [-0.1, -0.05) is 115 Å². The van der Waals surface area contributed by atoms with Crippen LogP contribution in [0.4, 0.5) is 17.1 Å². The number of nitrogens with zero attached hydrogens (tertiary/aromatic N) is 1. The number of anilines is 3. The van der Waals surface area contributed by atoms with Gasteiger partial charge in [-0.3, -0.25) is 0 Å². The smallest absolute Gasteiger partial charge is 0.0540 e. The van der Waals surface area contributed by atoms with Crippen molar-refractivity contribution in [2.45, 2.75) is 0 Å². The van der Waals surface area contributed by atoms with Crippen LogP contribution >= 0.6 is 22.7 Å². The largest absolute Gasteiger partial charge is 0.309 e. The summed E-state index contributed by atoms with van der Waals surface area (Å²) in [4.78, 5) is 2.44. The van der Waals surface area contributed by atoms with Crippen molar-refractivity contribution in [3.8, 4) is 22.3 Å². The molecule has 1 nitrogen and oxygen atoms in total. The topological polar surface area (TPSA) is 3.24 Å². The predicted molar refractivity (Wildman–Crippen MR) is 215 cm³/mol. The van der Waals surface area contributed by atoms with Crippen molar-refractivity contribution < 1.29 is 0 Å². The van der Waals surface area contributed by atoms with Crippen molar-refractivity contribution in [1.29, 1.82) is 0 Å². The number of benzene rings is 8. The van der Waals surface area contributed by atoms with Gasteiger partial charge in [0.05, 0.1) is 11.4 Å². The zero-order valence-corrected chi connectivity index (χ0v) is 28.1. The minimum absolute atomic E-state index is 1.12. The zero-order chi connectivity index (χ0) is 32.3. The molecule has 10 aromatic rings. The molecule has 0 spiro atoms. The summed E-state index contributed by atoms with van der Waals surface area (Å²) in [5, 5.41) is 7.72. The summed E-state index contributed by atoms with van der Waals surface area (Å²) in [5.74, 6) is 0. The normalized spacial score (nSPS) is 11.7. The van der Waals surface area contributed by atoms with Crippen molar-refractivity contribution in [3.05, 3.63) is 176 Å². The van der Waals surface area contributed by atoms with E-state index in [1.165, 1.54) is 73.4 Å². The van der Waals surface area contributed by atoms with Gasteiger partial charge in [-0.15, -0.1) is 22.7 Å². The lowest BCUT2D eigenvalue weighted by molar-refractivity contribution is 1.30. The second kappa shape index (κ2) is 11.5. The van der Waals surface area contributed by atoms with Crippen LogP contribution in [0, 0.1) is 0 Å². The monoisotopic (exact) mass is 659 g/mol. The second-order valence-electron chi connectivity index (χ2n) is 12.5. The van der Waals surface area contributed by atoms with E-state index >= 15 is 0 Å². The van der Waals surface area contributed by atoms with Crippen molar-refractivity contribution in [2.75, 3.05) is 4.90 Å². The van der Waals surface area contributed by atoms with E-state index in [2.05, 4.69) is 181 Å². The first kappa shape index (κ1) is 28.3. The Labute approximate surface area is 292 Å². The van der Waals surface area contributed by atoms with Crippen LogP contribution in [0.25, 0.3) is 73.4 Å². The van der Waals surface area contributed by atoms with Crippen molar-refractivity contribution in [3.63, 3.8) is 0 Å². The number of rotatable bonds is 5. The molecule has 0 aliphatic heterocycles. The molecule has 0 saturated carbocycles. The van der Waals surface area contributed by atoms with Gasteiger partial charge in [0.1, 0.15) is 0 Å². The van der Waals surface area contributed by atoms with E-state index in [0.29, 0.717) is 0 Å². The maximum absolute atomic E-state index is 2.44. The molecular weight excluding hydrogens is 631 g/mol. The molecular formula is C46H29NS2. The van der Waals surface area contributed by atoms with Gasteiger partial charge in [-0.2, -0.15) is 0 Å². The highest BCUT2D eigenvalue weighted by Gasteiger charge is 2.20. The van der Waals surface area contributed by atoms with E-state index in [4.69, 9.17) is 0 Å². The summed E-state index contributed by atoms with van der Waals surface area (Å²) in [6.07, 6.45) is 0. The summed E-state index contributed by atoms with van der Waals surface area (Å²) in [7, 11) is 0. The fraction of sp³-hybridized carbons (Fsp3) is 0. The Morgan fingerprint density at radius 2 is 0.837 bits per heavy atom. The third kappa shape index (κ3) is 4.74. The van der Waals surface area contributed by atoms with Crippen LogP contribution in [-0.2, 0) is 0 Å². The first-order chi connectivity index (χ1) is 24.3. The van der Waals surface area contributed by atoms with Gasteiger partial charge in [0, 0.05) is 57.0 Å². The molecule has 3 heteroatoms. The standard InChI is InChI=1S/C46H29NS2/c1-2-12-35-31(10-1)11-9-17-42(35)47(34-24-20-30(21-25-34)32-22-26-45-39(28-32)37-14-4-7-18-43(37)48-45)41-16-6-3-13-36(41)33-23-27-46-40(29-33)38-15-5-8-19-44(38)49-46/h1-29H. The molecule has 0 aliphatic carbocycles. The van der Waals surface area contributed by atoms with Crippen LogP contribution in [-0.4, -0.2) is 0 Å². The average Bonchev–Trinajstić information content (AvgIpc) is 3.73. The van der Waals surface area contributed by atoms with E-state index in [9.17, 15) is 0 Å². The van der Waals surface area contributed by atoms with Crippen LogP contribution in [0.1, 0.15) is 0 Å². The first-order valence-corrected chi connectivity index (χ1v) is 18.2. The van der Waals surface area contributed by atoms with Crippen molar-refractivity contribution >= 4 is 90.9 Å². The Balaban J connectivity index is 1.14. The molecule has 0 radical (unpaired) electrons. The Kier molecular flexibility index (Phi) is 6.61. The number of thiophene rings is 2. The molecule has 0 aliphatic rings. The highest BCUT2D eigenvalue weighted by molar-refractivity contribution is 7.26. The zero-order valence-electron chi connectivity index (χ0n) is 26.5. The van der Waals surface area contributed by atoms with Crippen LogP contribution in [0.5, 0.6) is 0 Å². The minimum Gasteiger partial charge on any atom is -0.309 e. The number of hydrogen-bond acceptors (Lipinski definition) is 3. The Hall–Kier alpha value is -5.74. The SMILES string of the molecule is c1ccc(N(c2ccc(-c3ccc4sc5ccccc5c4c3)cc2)c2cccc3ccccc23)c(-c2ccc3sc4ccccc4c3c2)c1. The van der Waals surface area contributed by atoms with Gasteiger partial charge < -0.3 is 4.90 Å². The number of fused-ring (bicyclic) bond motifs is 7. The summed E-state index contributed by atoms with van der Waals surface area (Å²) < 4.78 is 5.30. The Morgan fingerprint density at radius 1 is 0.327 bits per heavy atom. The fourth-order valence-electron chi connectivity index (χ4n) is 7.33. The average molecular weight is 660 g/mol. The number of para-hydroxylation sites is 1. The molecule has 2 heterocycles. The molecule has 0 saturated heterocycles. The lowest BCUT2D eigenvalue weighted by atomic mass is 9.98. The fourth-order valence-corrected chi connectivity index (χ4v) is 9.50. The minimum atomic E-state index is 1.12. The lowest BCUT2D eigenvalue weighted by Gasteiger charge is -2.29. The molecule has 0 N–H and O–H groups in total. The van der Waals surface area contributed by atoms with Gasteiger partial charge in [-0.25, -0.2) is 0 Å². The Morgan fingerprint density at radius 3 is 1.57 bits per heavy atom. The maximum atomic E-state index is 2.44. The lowest BCUT2D eigenvalue weighted by Crippen LogP contribution is -2.11. The quantitative estimate of drug-likeness (QED) is 0.178. The second-order valence-corrected chi connectivity index (χ2v) is 14.7.